The smallest absolute Gasteiger partial charge is 0.257 e. The van der Waals surface area contributed by atoms with Crippen LogP contribution in [0.5, 0.6) is 0 Å². The second kappa shape index (κ2) is 6.88. The number of nitrogens with zero attached hydrogens (tertiary/aromatic N) is 3. The molecule has 0 aliphatic carbocycles. The van der Waals surface area contributed by atoms with E-state index in [1.807, 2.05) is 0 Å². The van der Waals surface area contributed by atoms with Crippen molar-refractivity contribution in [2.45, 2.75) is 38.8 Å². The fraction of sp³-hybridized carbons (Fsp3) is 0.474. The minimum absolute atomic E-state index is 0.104. The average Bonchev–Trinajstić information content (AvgIpc) is 2.63. The molecule has 2 aromatic rings. The van der Waals surface area contributed by atoms with Crippen LogP contribution in [0.2, 0.25) is 0 Å². The molecule has 2 aliphatic heterocycles. The number of benzene rings is 1. The van der Waals surface area contributed by atoms with Crippen LogP contribution >= 0.6 is 0 Å². The van der Waals surface area contributed by atoms with E-state index in [0.717, 1.165) is 30.8 Å². The highest BCUT2D eigenvalue weighted by atomic mass is 16.1. The van der Waals surface area contributed by atoms with E-state index >= 15 is 0 Å². The Morgan fingerprint density at radius 2 is 1.84 bits per heavy atom. The zero-order valence-electron chi connectivity index (χ0n) is 14.5. The monoisotopic (exact) mass is 339 g/mol. The summed E-state index contributed by atoms with van der Waals surface area (Å²) in [5.74, 6) is 0.213. The van der Waals surface area contributed by atoms with Crippen molar-refractivity contribution in [1.82, 2.24) is 14.9 Å². The molecule has 1 fully saturated rings. The van der Waals surface area contributed by atoms with Crippen LogP contribution in [-0.4, -0.2) is 34.5 Å². The number of piperidine rings is 1. The Kier molecular flexibility index (Phi) is 4.44. The first-order valence-corrected chi connectivity index (χ1v) is 9.13. The van der Waals surface area contributed by atoms with Gasteiger partial charge in [-0.1, -0.05) is 12.1 Å². The zero-order valence-corrected chi connectivity index (χ0v) is 14.5. The van der Waals surface area contributed by atoms with Crippen LogP contribution in [0.25, 0.3) is 0 Å². The molecule has 0 saturated carbocycles. The van der Waals surface area contributed by atoms with E-state index in [0.29, 0.717) is 6.54 Å². The van der Waals surface area contributed by atoms with Gasteiger partial charge in [0.15, 0.2) is 0 Å². The highest BCUT2D eigenvalue weighted by Gasteiger charge is 2.21. The van der Waals surface area contributed by atoms with Crippen LogP contribution in [-0.2, 0) is 19.5 Å². The predicted octanol–water partition coefficient (Wildman–Crippen LogP) is 1.90. The van der Waals surface area contributed by atoms with Gasteiger partial charge in [-0.15, -0.1) is 0 Å². The third kappa shape index (κ3) is 3.54. The molecule has 0 amide bonds. The largest absolute Gasteiger partial charge is 0.372 e. The van der Waals surface area contributed by atoms with Crippen molar-refractivity contribution in [3.05, 3.63) is 51.4 Å². The van der Waals surface area contributed by atoms with Crippen molar-refractivity contribution in [2.75, 3.05) is 30.3 Å². The van der Waals surface area contributed by atoms with Crippen LogP contribution in [0.4, 0.5) is 11.6 Å². The van der Waals surface area contributed by atoms with Gasteiger partial charge in [0.25, 0.3) is 5.56 Å². The quantitative estimate of drug-likeness (QED) is 0.893. The maximum atomic E-state index is 12.1. The molecule has 6 nitrogen and oxygen atoms in total. The maximum Gasteiger partial charge on any atom is 0.257 e. The van der Waals surface area contributed by atoms with Gasteiger partial charge in [-0.25, -0.2) is 4.98 Å². The number of nitrogens with one attached hydrogen (secondary N) is 1. The van der Waals surface area contributed by atoms with Crippen LogP contribution < -0.4 is 16.2 Å². The molecular formula is C19H25N5O. The molecule has 6 heteroatoms. The van der Waals surface area contributed by atoms with Gasteiger partial charge in [-0.3, -0.25) is 14.7 Å². The van der Waals surface area contributed by atoms with Gasteiger partial charge in [0.1, 0.15) is 0 Å². The number of nitrogen functional groups attached to an aromatic ring is 1. The summed E-state index contributed by atoms with van der Waals surface area (Å²) in [6, 6.07) is 8.89. The molecule has 1 aromatic carbocycles. The maximum absolute atomic E-state index is 12.1. The van der Waals surface area contributed by atoms with Crippen molar-refractivity contribution in [3.8, 4) is 0 Å². The normalized spacial score (nSPS) is 18.2. The van der Waals surface area contributed by atoms with Crippen LogP contribution in [0.15, 0.2) is 29.1 Å². The lowest BCUT2D eigenvalue weighted by molar-refractivity contribution is 0.242. The minimum Gasteiger partial charge on any atom is -0.372 e. The lowest BCUT2D eigenvalue weighted by atomic mass is 10.1. The number of anilines is 2. The minimum atomic E-state index is -0.104. The standard InChI is InChI=1S/C19H25N5O/c20-19-21-17-8-11-23(13-16(17)18(25)22-19)12-14-4-6-15(7-5-14)24-9-2-1-3-10-24/h4-7H,1-3,8-13H2,(H3,20,21,22,25). The molecule has 3 N–H and O–H groups in total. The fourth-order valence-corrected chi connectivity index (χ4v) is 3.86. The Hall–Kier alpha value is -2.34. The highest BCUT2D eigenvalue weighted by molar-refractivity contribution is 5.47. The molecule has 25 heavy (non-hydrogen) atoms. The number of aromatic amines is 1. The highest BCUT2D eigenvalue weighted by Crippen LogP contribution is 2.22. The molecule has 0 radical (unpaired) electrons. The summed E-state index contributed by atoms with van der Waals surface area (Å²) < 4.78 is 0. The van der Waals surface area contributed by atoms with Gasteiger partial charge in [0.05, 0.1) is 11.3 Å². The van der Waals surface area contributed by atoms with E-state index in [1.165, 1.54) is 43.6 Å². The van der Waals surface area contributed by atoms with Crippen LogP contribution in [0.3, 0.4) is 0 Å². The topological polar surface area (TPSA) is 78.2 Å². The van der Waals surface area contributed by atoms with Gasteiger partial charge >= 0.3 is 0 Å². The number of H-pyrrole nitrogens is 1. The summed E-state index contributed by atoms with van der Waals surface area (Å²) >= 11 is 0. The molecule has 0 spiro atoms. The number of hydrogen-bond donors (Lipinski definition) is 2. The van der Waals surface area contributed by atoms with E-state index in [-0.39, 0.29) is 11.5 Å². The average molecular weight is 339 g/mol. The fourth-order valence-electron chi connectivity index (χ4n) is 3.86. The second-order valence-electron chi connectivity index (χ2n) is 7.05. The first-order valence-electron chi connectivity index (χ1n) is 9.13. The Labute approximate surface area is 147 Å². The Balaban J connectivity index is 1.43. The molecule has 0 bridgehead atoms. The van der Waals surface area contributed by atoms with Gasteiger partial charge in [-0.05, 0) is 37.0 Å². The molecule has 0 unspecified atom stereocenters. The molecule has 4 rings (SSSR count). The Bertz CT molecular complexity index is 792. The number of nitrogens with two attached hydrogens (primary N) is 1. The van der Waals surface area contributed by atoms with E-state index in [4.69, 9.17) is 5.73 Å². The second-order valence-corrected chi connectivity index (χ2v) is 7.05. The molecule has 132 valence electrons. The summed E-state index contributed by atoms with van der Waals surface area (Å²) in [6.07, 6.45) is 4.71. The lowest BCUT2D eigenvalue weighted by Crippen LogP contribution is -2.35. The van der Waals surface area contributed by atoms with Gasteiger partial charge in [0, 0.05) is 44.8 Å². The van der Waals surface area contributed by atoms with E-state index in [2.05, 4.69) is 44.0 Å². The number of fused-ring (bicyclic) bond motifs is 1. The molecule has 0 atom stereocenters. The van der Waals surface area contributed by atoms with E-state index in [1.54, 1.807) is 0 Å². The molecule has 3 heterocycles. The molecular weight excluding hydrogens is 314 g/mol. The predicted molar refractivity (Wildman–Crippen MR) is 99.6 cm³/mol. The van der Waals surface area contributed by atoms with E-state index in [9.17, 15) is 4.79 Å². The number of hydrogen-bond acceptors (Lipinski definition) is 5. The Morgan fingerprint density at radius 3 is 2.60 bits per heavy atom. The van der Waals surface area contributed by atoms with Gasteiger partial charge < -0.3 is 10.6 Å². The number of rotatable bonds is 3. The number of aromatic nitrogens is 2. The van der Waals surface area contributed by atoms with Crippen LogP contribution in [0, 0.1) is 0 Å². The van der Waals surface area contributed by atoms with Gasteiger partial charge in [-0.2, -0.15) is 0 Å². The van der Waals surface area contributed by atoms with Crippen molar-refractivity contribution in [3.63, 3.8) is 0 Å². The molecule has 1 saturated heterocycles. The van der Waals surface area contributed by atoms with Crippen molar-refractivity contribution in [2.24, 2.45) is 0 Å². The summed E-state index contributed by atoms with van der Waals surface area (Å²) in [4.78, 5) is 23.7. The Morgan fingerprint density at radius 1 is 1.08 bits per heavy atom. The summed E-state index contributed by atoms with van der Waals surface area (Å²) in [5.41, 5.74) is 9.73. The van der Waals surface area contributed by atoms with Gasteiger partial charge in [0.2, 0.25) is 5.95 Å². The zero-order chi connectivity index (χ0) is 17.2. The summed E-state index contributed by atoms with van der Waals surface area (Å²) in [7, 11) is 0. The summed E-state index contributed by atoms with van der Waals surface area (Å²) in [6.45, 7) is 4.72. The summed E-state index contributed by atoms with van der Waals surface area (Å²) in [5, 5.41) is 0. The lowest BCUT2D eigenvalue weighted by Gasteiger charge is -2.30. The van der Waals surface area contributed by atoms with Crippen LogP contribution in [0.1, 0.15) is 36.1 Å². The first-order chi connectivity index (χ1) is 12.2. The molecule has 2 aliphatic rings. The van der Waals surface area contributed by atoms with E-state index < -0.39 is 0 Å². The molecule has 1 aromatic heterocycles. The third-order valence-corrected chi connectivity index (χ3v) is 5.23. The van der Waals surface area contributed by atoms with Crippen molar-refractivity contribution < 1.29 is 0 Å². The van der Waals surface area contributed by atoms with Crippen molar-refractivity contribution in [1.29, 1.82) is 0 Å². The first kappa shape index (κ1) is 16.1. The van der Waals surface area contributed by atoms with Crippen molar-refractivity contribution >= 4 is 11.6 Å². The SMILES string of the molecule is Nc1nc2c(c(=O)[nH]1)CN(Cc1ccc(N3CCCCC3)cc1)CC2. The third-order valence-electron chi connectivity index (χ3n) is 5.23.